The molecule has 6 aromatic rings. The molecule has 1 atom stereocenters. The molecule has 2 saturated heterocycles. The minimum atomic E-state index is -1.04. The van der Waals surface area contributed by atoms with E-state index in [9.17, 15) is 29.1 Å². The Kier molecular flexibility index (Phi) is 12.7. The molecule has 9 rings (SSSR count). The number of ether oxygens (including phenoxy) is 3. The van der Waals surface area contributed by atoms with Crippen molar-refractivity contribution in [2.24, 2.45) is 7.05 Å². The number of nitrogens with one attached hydrogen (secondary N) is 1. The van der Waals surface area contributed by atoms with Crippen LogP contribution in [0, 0.1) is 13.8 Å². The van der Waals surface area contributed by atoms with Crippen molar-refractivity contribution in [1.82, 2.24) is 34.4 Å². The predicted octanol–water partition coefficient (Wildman–Crippen LogP) is 6.17. The van der Waals surface area contributed by atoms with E-state index in [0.717, 1.165) is 44.2 Å². The van der Waals surface area contributed by atoms with Crippen molar-refractivity contribution in [3.63, 3.8) is 0 Å². The van der Waals surface area contributed by atoms with Crippen LogP contribution in [-0.4, -0.2) is 123 Å². The molecule has 0 aliphatic carbocycles. The van der Waals surface area contributed by atoms with Gasteiger partial charge in [0.15, 0.2) is 6.61 Å². The zero-order valence-electron chi connectivity index (χ0n) is 37.9. The van der Waals surface area contributed by atoms with Crippen LogP contribution in [0.3, 0.4) is 0 Å². The third-order valence-corrected chi connectivity index (χ3v) is 13.6. The molecule has 0 saturated carbocycles. The number of fused-ring (bicyclic) bond motifs is 3. The van der Waals surface area contributed by atoms with Gasteiger partial charge in [0.1, 0.15) is 29.0 Å². The maximum atomic E-state index is 13.6. The second-order valence-corrected chi connectivity index (χ2v) is 17.7. The maximum Gasteiger partial charge on any atom is 0.352 e. The van der Waals surface area contributed by atoms with Crippen LogP contribution in [0.5, 0.6) is 17.2 Å². The van der Waals surface area contributed by atoms with E-state index >= 15 is 0 Å². The van der Waals surface area contributed by atoms with Crippen LogP contribution in [0.4, 0.5) is 0 Å². The molecule has 0 bridgehead atoms. The molecule has 0 spiro atoms. The van der Waals surface area contributed by atoms with E-state index in [0.29, 0.717) is 91.9 Å². The first-order valence-corrected chi connectivity index (χ1v) is 22.9. The van der Waals surface area contributed by atoms with Gasteiger partial charge >= 0.3 is 5.97 Å². The van der Waals surface area contributed by atoms with Crippen LogP contribution in [0.25, 0.3) is 32.8 Å². The van der Waals surface area contributed by atoms with Gasteiger partial charge in [-0.2, -0.15) is 5.10 Å². The van der Waals surface area contributed by atoms with Crippen LogP contribution < -0.4 is 19.5 Å². The highest BCUT2D eigenvalue weighted by Crippen LogP contribution is 2.42. The molecule has 5 heterocycles. The molecule has 4 aromatic carbocycles. The largest absolute Gasteiger partial charge is 0.497 e. The van der Waals surface area contributed by atoms with Gasteiger partial charge in [0.2, 0.25) is 11.8 Å². The summed E-state index contributed by atoms with van der Waals surface area (Å²) < 4.78 is 21.6. The number of imide groups is 1. The van der Waals surface area contributed by atoms with Gasteiger partial charge in [-0.05, 0) is 67.8 Å². The summed E-state index contributed by atoms with van der Waals surface area (Å²) in [6, 6.07) is 19.9. The molecule has 3 aliphatic rings. The number of carbonyl (C=O) groups is 5. The van der Waals surface area contributed by atoms with Gasteiger partial charge in [0.25, 0.3) is 11.8 Å². The Morgan fingerprint density at radius 2 is 1.69 bits per heavy atom. The molecule has 0 radical (unpaired) electrons. The van der Waals surface area contributed by atoms with Gasteiger partial charge in [-0.25, -0.2) is 4.79 Å². The van der Waals surface area contributed by atoms with E-state index in [1.807, 2.05) is 74.0 Å². The lowest BCUT2D eigenvalue weighted by Crippen LogP contribution is -2.52. The fourth-order valence-corrected chi connectivity index (χ4v) is 10.1. The van der Waals surface area contributed by atoms with Crippen molar-refractivity contribution in [2.45, 2.75) is 58.7 Å². The number of halogens is 1. The van der Waals surface area contributed by atoms with Gasteiger partial charge in [0, 0.05) is 92.9 Å². The Balaban J connectivity index is 0.902. The molecule has 67 heavy (non-hydrogen) atoms. The second kappa shape index (κ2) is 18.8. The van der Waals surface area contributed by atoms with E-state index in [-0.39, 0.29) is 55.2 Å². The molecule has 16 nitrogen and oxygen atoms in total. The molecule has 4 amide bonds. The van der Waals surface area contributed by atoms with Crippen LogP contribution >= 0.6 is 11.6 Å². The summed E-state index contributed by atoms with van der Waals surface area (Å²) >= 11 is 7.08. The number of benzene rings is 4. The number of carboxylic acid groups (broad SMARTS) is 1. The third-order valence-electron chi connectivity index (χ3n) is 13.3. The molecule has 3 aliphatic heterocycles. The first kappa shape index (κ1) is 45.3. The zero-order valence-corrected chi connectivity index (χ0v) is 38.7. The summed E-state index contributed by atoms with van der Waals surface area (Å²) in [6.07, 6.45) is 1.37. The van der Waals surface area contributed by atoms with Gasteiger partial charge in [-0.1, -0.05) is 54.1 Å². The quantitative estimate of drug-likeness (QED) is 0.0890. The summed E-state index contributed by atoms with van der Waals surface area (Å²) in [5, 5.41) is 21.2. The average molecular weight is 930 g/mol. The van der Waals surface area contributed by atoms with Crippen molar-refractivity contribution in [2.75, 3.05) is 53.0 Å². The minimum absolute atomic E-state index is 0.151. The zero-order chi connectivity index (χ0) is 47.1. The number of aryl methyl sites for hydroxylation is 3. The normalized spacial score (nSPS) is 16.5. The van der Waals surface area contributed by atoms with Crippen LogP contribution in [0.2, 0.25) is 5.02 Å². The Morgan fingerprint density at radius 1 is 0.896 bits per heavy atom. The topological polar surface area (TPSA) is 178 Å². The average Bonchev–Trinajstić information content (AvgIpc) is 3.92. The number of piperidine rings is 1. The maximum absolute atomic E-state index is 13.6. The van der Waals surface area contributed by atoms with E-state index in [1.54, 1.807) is 34.9 Å². The summed E-state index contributed by atoms with van der Waals surface area (Å²) in [5.74, 6) is -0.856. The number of hydrogen-bond donors (Lipinski definition) is 2. The van der Waals surface area contributed by atoms with Crippen LogP contribution in [0.15, 0.2) is 66.7 Å². The number of aromatic carboxylic acids is 1. The lowest BCUT2D eigenvalue weighted by atomic mass is 9.98. The van der Waals surface area contributed by atoms with E-state index in [1.165, 1.54) is 4.90 Å². The minimum Gasteiger partial charge on any atom is -0.497 e. The number of amides is 4. The summed E-state index contributed by atoms with van der Waals surface area (Å²) in [4.78, 5) is 70.2. The van der Waals surface area contributed by atoms with Crippen molar-refractivity contribution in [1.29, 1.82) is 0 Å². The molecular formula is C50H52ClN7O9. The van der Waals surface area contributed by atoms with E-state index in [4.69, 9.17) is 25.8 Å². The summed E-state index contributed by atoms with van der Waals surface area (Å²) in [5.41, 5.74) is 5.91. The Bertz CT molecular complexity index is 2970. The smallest absolute Gasteiger partial charge is 0.352 e. The standard InChI is InChI=1S/C50H52ClN7O9/c1-29-43(30(2)54(3)53-29)45-37(51)15-14-36-35(12-8-24-66-40-26-33(65-4)25-31-9-5-6-11-34(31)40)47(50(63)64)57(46(36)45)23-20-55-18-21-56(22-19-55)42(60)28-67-39-13-7-10-32-27-58(49(62)44(32)39)38-16-17-41(59)52-48(38)61/h5-7,9-11,13-15,25-26,38H,8,12,16-24,27-28H2,1-4H3,(H,63,64)(H,52,59,61). The summed E-state index contributed by atoms with van der Waals surface area (Å²) in [6.45, 7) is 6.97. The number of nitrogens with zero attached hydrogens (tertiary/aromatic N) is 6. The monoisotopic (exact) mass is 929 g/mol. The molecule has 17 heteroatoms. The highest BCUT2D eigenvalue weighted by Gasteiger charge is 2.41. The number of piperazine rings is 1. The van der Waals surface area contributed by atoms with Gasteiger partial charge < -0.3 is 33.7 Å². The predicted molar refractivity (Wildman–Crippen MR) is 251 cm³/mol. The summed E-state index contributed by atoms with van der Waals surface area (Å²) in [7, 11) is 3.50. The highest BCUT2D eigenvalue weighted by atomic mass is 35.5. The van der Waals surface area contributed by atoms with E-state index in [2.05, 4.69) is 15.3 Å². The molecule has 2 N–H and O–H groups in total. The Labute approximate surface area is 391 Å². The fourth-order valence-electron chi connectivity index (χ4n) is 9.90. The molecule has 348 valence electrons. The number of carboxylic acids is 1. The lowest BCUT2D eigenvalue weighted by molar-refractivity contribution is -0.137. The van der Waals surface area contributed by atoms with Gasteiger partial charge in [-0.15, -0.1) is 0 Å². The van der Waals surface area contributed by atoms with Crippen molar-refractivity contribution < 1.29 is 43.3 Å². The molecule has 2 fully saturated rings. The van der Waals surface area contributed by atoms with Crippen molar-refractivity contribution in [3.05, 3.63) is 106 Å². The third kappa shape index (κ3) is 8.66. The Hall–Kier alpha value is -6.91. The molecule has 2 aromatic heterocycles. The van der Waals surface area contributed by atoms with E-state index < -0.39 is 17.9 Å². The van der Waals surface area contributed by atoms with Crippen LogP contribution in [-0.2, 0) is 40.9 Å². The molecular weight excluding hydrogens is 878 g/mol. The first-order chi connectivity index (χ1) is 32.3. The van der Waals surface area contributed by atoms with Crippen LogP contribution in [0.1, 0.15) is 62.6 Å². The number of hydrogen-bond acceptors (Lipinski definition) is 10. The number of methoxy groups -OCH3 is 1. The number of aromatic nitrogens is 3. The molecule has 1 unspecified atom stereocenters. The number of carbonyl (C=O) groups excluding carboxylic acids is 4. The second-order valence-electron chi connectivity index (χ2n) is 17.3. The van der Waals surface area contributed by atoms with Gasteiger partial charge in [-0.3, -0.25) is 34.1 Å². The van der Waals surface area contributed by atoms with Gasteiger partial charge in [0.05, 0.1) is 35.5 Å². The first-order valence-electron chi connectivity index (χ1n) is 22.5. The highest BCUT2D eigenvalue weighted by molar-refractivity contribution is 6.35. The van der Waals surface area contributed by atoms with Crippen molar-refractivity contribution in [3.8, 4) is 28.4 Å². The lowest BCUT2D eigenvalue weighted by Gasteiger charge is -2.35. The number of rotatable bonds is 15. The fraction of sp³-hybridized carbons (Fsp3) is 0.360. The Morgan fingerprint density at radius 3 is 2.42 bits per heavy atom. The van der Waals surface area contributed by atoms with Crippen molar-refractivity contribution >= 4 is 62.9 Å². The SMILES string of the molecule is COc1cc(OCCCc2c(C(=O)O)n(CCN3CCN(C(=O)COc4cccc5c4C(=O)N(C4CCC(=O)NC4=O)C5)CC3)c3c(-c4c(C)nn(C)c4C)c(Cl)ccc23)c2ccccc2c1.